The summed E-state index contributed by atoms with van der Waals surface area (Å²) >= 11 is 0. The molecular formula is C24H32ClN3O2. The molecule has 1 saturated heterocycles. The molecule has 2 aromatic carbocycles. The van der Waals surface area contributed by atoms with Crippen molar-refractivity contribution in [2.75, 3.05) is 18.4 Å². The van der Waals surface area contributed by atoms with Crippen LogP contribution in [0, 0.1) is 18.8 Å². The van der Waals surface area contributed by atoms with Crippen molar-refractivity contribution in [1.82, 2.24) is 4.90 Å². The Kier molecular flexibility index (Phi) is 8.44. The minimum absolute atomic E-state index is 0. The standard InChI is InChI=1S/C24H31N3O2.ClH/c1-16-11-17(2)15-27(14-16)24(29)20-10-9-18(3)22(12-20)26-23(28)13-21(25)19-7-5-4-6-8-19;/h4-10,12,16-17,21H,11,13-15,25H2,1-3H3,(H,26,28);1H. The van der Waals surface area contributed by atoms with Gasteiger partial charge in [0.05, 0.1) is 0 Å². The molecule has 3 N–H and O–H groups in total. The summed E-state index contributed by atoms with van der Waals surface area (Å²) in [7, 11) is 0. The van der Waals surface area contributed by atoms with Crippen LogP contribution in [-0.2, 0) is 4.79 Å². The number of anilines is 1. The molecular weight excluding hydrogens is 398 g/mol. The number of rotatable bonds is 5. The molecule has 5 nitrogen and oxygen atoms in total. The van der Waals surface area contributed by atoms with E-state index < -0.39 is 0 Å². The maximum Gasteiger partial charge on any atom is 0.253 e. The van der Waals surface area contributed by atoms with Crippen molar-refractivity contribution in [3.8, 4) is 0 Å². The first-order chi connectivity index (χ1) is 13.8. The van der Waals surface area contributed by atoms with E-state index in [0.717, 1.165) is 30.6 Å². The van der Waals surface area contributed by atoms with Crippen molar-refractivity contribution in [3.63, 3.8) is 0 Å². The number of halogens is 1. The molecule has 162 valence electrons. The first kappa shape index (κ1) is 23.9. The van der Waals surface area contributed by atoms with Gasteiger partial charge in [-0.3, -0.25) is 9.59 Å². The van der Waals surface area contributed by atoms with E-state index in [2.05, 4.69) is 19.2 Å². The monoisotopic (exact) mass is 429 g/mol. The molecule has 1 aliphatic heterocycles. The maximum absolute atomic E-state index is 13.0. The molecule has 30 heavy (non-hydrogen) atoms. The van der Waals surface area contributed by atoms with Crippen LogP contribution < -0.4 is 11.1 Å². The average molecular weight is 430 g/mol. The van der Waals surface area contributed by atoms with Gasteiger partial charge in [-0.1, -0.05) is 50.2 Å². The second kappa shape index (κ2) is 10.6. The molecule has 3 atom stereocenters. The van der Waals surface area contributed by atoms with Crippen LogP contribution in [0.1, 0.15) is 54.2 Å². The van der Waals surface area contributed by atoms with Gasteiger partial charge >= 0.3 is 0 Å². The molecule has 0 aliphatic carbocycles. The SMILES string of the molecule is Cc1ccc(C(=O)N2CC(C)CC(C)C2)cc1NC(=O)CC(N)c1ccccc1.Cl. The van der Waals surface area contributed by atoms with Crippen LogP contribution in [0.5, 0.6) is 0 Å². The van der Waals surface area contributed by atoms with Crippen molar-refractivity contribution in [3.05, 3.63) is 65.2 Å². The molecule has 0 radical (unpaired) electrons. The van der Waals surface area contributed by atoms with E-state index in [-0.39, 0.29) is 36.7 Å². The lowest BCUT2D eigenvalue weighted by molar-refractivity contribution is -0.116. The molecule has 2 aromatic rings. The van der Waals surface area contributed by atoms with E-state index >= 15 is 0 Å². The first-order valence-corrected chi connectivity index (χ1v) is 10.3. The zero-order chi connectivity index (χ0) is 21.0. The highest BCUT2D eigenvalue weighted by Gasteiger charge is 2.26. The maximum atomic E-state index is 13.0. The molecule has 1 aliphatic rings. The number of nitrogens with one attached hydrogen (secondary N) is 1. The van der Waals surface area contributed by atoms with Gasteiger partial charge in [-0.05, 0) is 48.4 Å². The van der Waals surface area contributed by atoms with Gasteiger partial charge < -0.3 is 16.0 Å². The number of nitrogens with two attached hydrogens (primary N) is 1. The number of amides is 2. The minimum atomic E-state index is -0.363. The van der Waals surface area contributed by atoms with Gasteiger partial charge in [-0.2, -0.15) is 0 Å². The van der Waals surface area contributed by atoms with Crippen LogP contribution in [0.3, 0.4) is 0 Å². The average Bonchev–Trinajstić information content (AvgIpc) is 2.69. The van der Waals surface area contributed by atoms with Gasteiger partial charge in [0.15, 0.2) is 0 Å². The summed E-state index contributed by atoms with van der Waals surface area (Å²) in [5, 5.41) is 2.94. The van der Waals surface area contributed by atoms with E-state index in [1.165, 1.54) is 0 Å². The summed E-state index contributed by atoms with van der Waals surface area (Å²) < 4.78 is 0. The summed E-state index contributed by atoms with van der Waals surface area (Å²) in [6.07, 6.45) is 1.34. The lowest BCUT2D eigenvalue weighted by Gasteiger charge is -2.35. The normalized spacial score (nSPS) is 19.5. The second-order valence-electron chi connectivity index (χ2n) is 8.46. The fraction of sp³-hybridized carbons (Fsp3) is 0.417. The summed E-state index contributed by atoms with van der Waals surface area (Å²) in [5.74, 6) is 0.882. The van der Waals surface area contributed by atoms with Crippen LogP contribution in [0.4, 0.5) is 5.69 Å². The Bertz CT molecular complexity index is 862. The summed E-state index contributed by atoms with van der Waals surface area (Å²) in [6, 6.07) is 14.7. The van der Waals surface area contributed by atoms with E-state index in [4.69, 9.17) is 5.73 Å². The van der Waals surface area contributed by atoms with E-state index in [9.17, 15) is 9.59 Å². The van der Waals surface area contributed by atoms with Crippen LogP contribution in [0.15, 0.2) is 48.5 Å². The van der Waals surface area contributed by atoms with Crippen molar-refractivity contribution < 1.29 is 9.59 Å². The highest BCUT2D eigenvalue weighted by Crippen LogP contribution is 2.25. The first-order valence-electron chi connectivity index (χ1n) is 10.3. The van der Waals surface area contributed by atoms with Gasteiger partial charge in [0.1, 0.15) is 0 Å². The molecule has 3 unspecified atom stereocenters. The van der Waals surface area contributed by atoms with Crippen molar-refractivity contribution in [2.24, 2.45) is 17.6 Å². The number of likely N-dealkylation sites (tertiary alicyclic amines) is 1. The zero-order valence-electron chi connectivity index (χ0n) is 17.9. The van der Waals surface area contributed by atoms with Crippen molar-refractivity contribution in [1.29, 1.82) is 0 Å². The number of piperidine rings is 1. The predicted octanol–water partition coefficient (Wildman–Crippen LogP) is 4.56. The third-order valence-corrected chi connectivity index (χ3v) is 5.55. The lowest BCUT2D eigenvalue weighted by atomic mass is 9.91. The minimum Gasteiger partial charge on any atom is -0.338 e. The smallest absolute Gasteiger partial charge is 0.253 e. The Morgan fingerprint density at radius 1 is 1.10 bits per heavy atom. The highest BCUT2D eigenvalue weighted by atomic mass is 35.5. The Morgan fingerprint density at radius 2 is 1.73 bits per heavy atom. The fourth-order valence-electron chi connectivity index (χ4n) is 4.12. The van der Waals surface area contributed by atoms with Crippen molar-refractivity contribution >= 4 is 29.9 Å². The molecule has 1 heterocycles. The summed E-state index contributed by atoms with van der Waals surface area (Å²) in [4.78, 5) is 27.5. The third-order valence-electron chi connectivity index (χ3n) is 5.55. The summed E-state index contributed by atoms with van der Waals surface area (Å²) in [6.45, 7) is 7.86. The number of hydrogen-bond acceptors (Lipinski definition) is 3. The van der Waals surface area contributed by atoms with Crippen LogP contribution in [0.2, 0.25) is 0 Å². The zero-order valence-corrected chi connectivity index (χ0v) is 18.7. The fourth-order valence-corrected chi connectivity index (χ4v) is 4.12. The topological polar surface area (TPSA) is 75.4 Å². The van der Waals surface area contributed by atoms with Gasteiger partial charge in [0.2, 0.25) is 5.91 Å². The van der Waals surface area contributed by atoms with E-state index in [1.54, 1.807) is 6.07 Å². The third kappa shape index (κ3) is 6.07. The molecule has 0 aromatic heterocycles. The largest absolute Gasteiger partial charge is 0.338 e. The number of carbonyl (C=O) groups excluding carboxylic acids is 2. The molecule has 0 spiro atoms. The van der Waals surface area contributed by atoms with Crippen molar-refractivity contribution in [2.45, 2.75) is 39.7 Å². The molecule has 2 amide bonds. The lowest BCUT2D eigenvalue weighted by Crippen LogP contribution is -2.42. The molecule has 3 rings (SSSR count). The quantitative estimate of drug-likeness (QED) is 0.731. The van der Waals surface area contributed by atoms with Gasteiger partial charge in [-0.15, -0.1) is 12.4 Å². The summed E-state index contributed by atoms with van der Waals surface area (Å²) in [5.41, 5.74) is 9.29. The number of aryl methyl sites for hydroxylation is 1. The van der Waals surface area contributed by atoms with Crippen LogP contribution in [-0.4, -0.2) is 29.8 Å². The Morgan fingerprint density at radius 3 is 2.37 bits per heavy atom. The molecule has 0 saturated carbocycles. The van der Waals surface area contributed by atoms with E-state index in [0.29, 0.717) is 23.1 Å². The number of nitrogens with zero attached hydrogens (tertiary/aromatic N) is 1. The van der Waals surface area contributed by atoms with Gasteiger partial charge in [-0.25, -0.2) is 0 Å². The number of hydrogen-bond donors (Lipinski definition) is 2. The Labute approximate surface area is 185 Å². The number of benzene rings is 2. The second-order valence-corrected chi connectivity index (χ2v) is 8.46. The van der Waals surface area contributed by atoms with Gasteiger partial charge in [0.25, 0.3) is 5.91 Å². The van der Waals surface area contributed by atoms with Gasteiger partial charge in [0, 0.05) is 36.8 Å². The molecule has 6 heteroatoms. The molecule has 0 bridgehead atoms. The number of carbonyl (C=O) groups is 2. The Balaban J connectivity index is 0.00000320. The highest BCUT2D eigenvalue weighted by molar-refractivity contribution is 5.98. The van der Waals surface area contributed by atoms with Crippen LogP contribution >= 0.6 is 12.4 Å². The predicted molar refractivity (Wildman–Crippen MR) is 124 cm³/mol. The molecule has 1 fully saturated rings. The van der Waals surface area contributed by atoms with E-state index in [1.807, 2.05) is 54.3 Å². The van der Waals surface area contributed by atoms with Crippen LogP contribution in [0.25, 0.3) is 0 Å². The Hall–Kier alpha value is -2.37.